The highest BCUT2D eigenvalue weighted by molar-refractivity contribution is 9.10. The molecular weight excluding hydrogens is 256 g/mol. The number of likely N-dealkylation sites (N-methyl/N-ethyl adjacent to an activating group) is 1. The lowest BCUT2D eigenvalue weighted by Crippen LogP contribution is -2.47. The lowest BCUT2D eigenvalue weighted by atomic mass is 10.0. The van der Waals surface area contributed by atoms with Crippen molar-refractivity contribution in [2.75, 3.05) is 20.6 Å². The monoisotopic (exact) mass is 278 g/mol. The molecule has 3 nitrogen and oxygen atoms in total. The molecule has 0 aliphatic rings. The second-order valence-electron chi connectivity index (χ2n) is 4.50. The number of rotatable bonds is 6. The Bertz CT molecular complexity index is 195. The van der Waals surface area contributed by atoms with Crippen LogP contribution < -0.4 is 5.32 Å². The molecular formula is C11H23BrN2O. The SMILES string of the molecule is CCC(Br)C(=O)NC(CN(C)C)C(C)C. The first-order valence-electron chi connectivity index (χ1n) is 5.47. The summed E-state index contributed by atoms with van der Waals surface area (Å²) in [6, 6.07) is 0.221. The first-order chi connectivity index (χ1) is 6.88. The Morgan fingerprint density at radius 2 is 1.93 bits per heavy atom. The van der Waals surface area contributed by atoms with Gasteiger partial charge < -0.3 is 10.2 Å². The van der Waals surface area contributed by atoms with Gasteiger partial charge in [0.05, 0.1) is 4.83 Å². The molecule has 0 saturated carbocycles. The van der Waals surface area contributed by atoms with Gasteiger partial charge in [-0.3, -0.25) is 4.79 Å². The summed E-state index contributed by atoms with van der Waals surface area (Å²) < 4.78 is 0. The van der Waals surface area contributed by atoms with Gasteiger partial charge in [0.25, 0.3) is 0 Å². The van der Waals surface area contributed by atoms with Gasteiger partial charge in [-0.1, -0.05) is 36.7 Å². The Labute approximate surface area is 102 Å². The van der Waals surface area contributed by atoms with Crippen molar-refractivity contribution in [2.24, 2.45) is 5.92 Å². The van der Waals surface area contributed by atoms with Gasteiger partial charge in [0, 0.05) is 12.6 Å². The molecule has 0 heterocycles. The van der Waals surface area contributed by atoms with Gasteiger partial charge in [-0.2, -0.15) is 0 Å². The van der Waals surface area contributed by atoms with Gasteiger partial charge in [0.15, 0.2) is 0 Å². The zero-order valence-electron chi connectivity index (χ0n) is 10.4. The maximum absolute atomic E-state index is 11.7. The predicted molar refractivity (Wildman–Crippen MR) is 68.3 cm³/mol. The fourth-order valence-electron chi connectivity index (χ4n) is 1.28. The van der Waals surface area contributed by atoms with Crippen molar-refractivity contribution >= 4 is 21.8 Å². The average Bonchev–Trinajstić information content (AvgIpc) is 2.14. The van der Waals surface area contributed by atoms with E-state index < -0.39 is 0 Å². The van der Waals surface area contributed by atoms with Crippen molar-refractivity contribution < 1.29 is 4.79 Å². The molecule has 0 fully saturated rings. The summed E-state index contributed by atoms with van der Waals surface area (Å²) in [7, 11) is 4.04. The van der Waals surface area contributed by atoms with Crippen molar-refractivity contribution in [1.82, 2.24) is 10.2 Å². The Hall–Kier alpha value is -0.0900. The fraction of sp³-hybridized carbons (Fsp3) is 0.909. The molecule has 90 valence electrons. The Kier molecular flexibility index (Phi) is 7.18. The summed E-state index contributed by atoms with van der Waals surface area (Å²) in [6.07, 6.45) is 0.818. The highest BCUT2D eigenvalue weighted by Gasteiger charge is 2.20. The summed E-state index contributed by atoms with van der Waals surface area (Å²) in [5.74, 6) is 0.547. The molecule has 1 N–H and O–H groups in total. The summed E-state index contributed by atoms with van der Waals surface area (Å²) in [5, 5.41) is 3.07. The number of carbonyl (C=O) groups is 1. The third kappa shape index (κ3) is 6.15. The zero-order valence-corrected chi connectivity index (χ0v) is 12.0. The third-order valence-electron chi connectivity index (χ3n) is 2.34. The van der Waals surface area contributed by atoms with Crippen LogP contribution in [0.5, 0.6) is 0 Å². The van der Waals surface area contributed by atoms with Gasteiger partial charge in [-0.15, -0.1) is 0 Å². The maximum Gasteiger partial charge on any atom is 0.234 e. The van der Waals surface area contributed by atoms with Crippen molar-refractivity contribution in [1.29, 1.82) is 0 Å². The van der Waals surface area contributed by atoms with Crippen molar-refractivity contribution in [2.45, 2.75) is 38.1 Å². The average molecular weight is 279 g/mol. The molecule has 0 bridgehead atoms. The van der Waals surface area contributed by atoms with E-state index in [0.717, 1.165) is 13.0 Å². The van der Waals surface area contributed by atoms with Gasteiger partial charge in [0.2, 0.25) is 5.91 Å². The third-order valence-corrected chi connectivity index (χ3v) is 3.40. The quantitative estimate of drug-likeness (QED) is 0.753. The number of alkyl halides is 1. The summed E-state index contributed by atoms with van der Waals surface area (Å²) in [5.41, 5.74) is 0. The normalized spacial score (nSPS) is 15.5. The molecule has 0 saturated heterocycles. The first-order valence-corrected chi connectivity index (χ1v) is 6.39. The number of halogens is 1. The van der Waals surface area contributed by atoms with E-state index >= 15 is 0 Å². The van der Waals surface area contributed by atoms with E-state index in [2.05, 4.69) is 40.0 Å². The van der Waals surface area contributed by atoms with Gasteiger partial charge in [0.1, 0.15) is 0 Å². The topological polar surface area (TPSA) is 32.3 Å². The summed E-state index contributed by atoms with van der Waals surface area (Å²) >= 11 is 3.36. The van der Waals surface area contributed by atoms with Crippen LogP contribution in [0, 0.1) is 5.92 Å². The van der Waals surface area contributed by atoms with Crippen molar-refractivity contribution in [3.63, 3.8) is 0 Å². The highest BCUT2D eigenvalue weighted by Crippen LogP contribution is 2.08. The Morgan fingerprint density at radius 3 is 2.27 bits per heavy atom. The molecule has 0 rings (SSSR count). The van der Waals surface area contributed by atoms with E-state index in [0.29, 0.717) is 5.92 Å². The molecule has 2 atom stereocenters. The first kappa shape index (κ1) is 14.9. The number of nitrogens with one attached hydrogen (secondary N) is 1. The zero-order chi connectivity index (χ0) is 12.0. The molecule has 2 unspecified atom stereocenters. The van der Waals surface area contributed by atoms with Crippen LogP contribution in [0.1, 0.15) is 27.2 Å². The molecule has 0 aromatic heterocycles. The van der Waals surface area contributed by atoms with Crippen LogP contribution in [0.4, 0.5) is 0 Å². The molecule has 15 heavy (non-hydrogen) atoms. The smallest absolute Gasteiger partial charge is 0.234 e. The number of hydrogen-bond donors (Lipinski definition) is 1. The number of carbonyl (C=O) groups excluding carboxylic acids is 1. The van der Waals surface area contributed by atoms with E-state index in [1.807, 2.05) is 21.0 Å². The molecule has 0 spiro atoms. The predicted octanol–water partition coefficient (Wildman–Crippen LogP) is 1.86. The van der Waals surface area contributed by atoms with Crippen LogP contribution in [0.25, 0.3) is 0 Å². The maximum atomic E-state index is 11.7. The Morgan fingerprint density at radius 1 is 1.40 bits per heavy atom. The van der Waals surface area contributed by atoms with Gasteiger partial charge in [-0.25, -0.2) is 0 Å². The minimum absolute atomic E-state index is 0.0686. The molecule has 0 aromatic carbocycles. The van der Waals surface area contributed by atoms with E-state index in [4.69, 9.17) is 0 Å². The standard InChI is InChI=1S/C11H23BrN2O/c1-6-9(12)11(15)13-10(8(2)3)7-14(4)5/h8-10H,6-7H2,1-5H3,(H,13,15). The molecule has 4 heteroatoms. The molecule has 0 aliphatic carbocycles. The number of nitrogens with zero attached hydrogens (tertiary/aromatic N) is 1. The number of amides is 1. The van der Waals surface area contributed by atoms with Crippen LogP contribution in [-0.2, 0) is 4.79 Å². The highest BCUT2D eigenvalue weighted by atomic mass is 79.9. The van der Waals surface area contributed by atoms with Crippen molar-refractivity contribution in [3.05, 3.63) is 0 Å². The largest absolute Gasteiger partial charge is 0.351 e. The molecule has 0 radical (unpaired) electrons. The van der Waals surface area contributed by atoms with E-state index in [-0.39, 0.29) is 16.8 Å². The van der Waals surface area contributed by atoms with Crippen LogP contribution in [0.15, 0.2) is 0 Å². The van der Waals surface area contributed by atoms with Gasteiger partial charge >= 0.3 is 0 Å². The number of hydrogen-bond acceptors (Lipinski definition) is 2. The second-order valence-corrected chi connectivity index (χ2v) is 5.60. The molecule has 0 aliphatic heterocycles. The summed E-state index contributed by atoms with van der Waals surface area (Å²) in [4.78, 5) is 13.7. The van der Waals surface area contributed by atoms with Crippen molar-refractivity contribution in [3.8, 4) is 0 Å². The van der Waals surface area contributed by atoms with Crippen LogP contribution in [-0.4, -0.2) is 42.3 Å². The van der Waals surface area contributed by atoms with Crippen LogP contribution in [0.3, 0.4) is 0 Å². The lowest BCUT2D eigenvalue weighted by molar-refractivity contribution is -0.121. The van der Waals surface area contributed by atoms with Crippen LogP contribution >= 0.6 is 15.9 Å². The Balaban J connectivity index is 4.22. The van der Waals surface area contributed by atoms with E-state index in [1.54, 1.807) is 0 Å². The summed E-state index contributed by atoms with van der Waals surface area (Å²) in [6.45, 7) is 7.13. The van der Waals surface area contributed by atoms with E-state index in [9.17, 15) is 4.79 Å². The second kappa shape index (κ2) is 7.23. The van der Waals surface area contributed by atoms with E-state index in [1.165, 1.54) is 0 Å². The van der Waals surface area contributed by atoms with Crippen LogP contribution in [0.2, 0.25) is 0 Å². The molecule has 0 aromatic rings. The lowest BCUT2D eigenvalue weighted by Gasteiger charge is -2.26. The molecule has 1 amide bonds. The fourth-order valence-corrected chi connectivity index (χ4v) is 1.41. The minimum atomic E-state index is -0.0686. The van der Waals surface area contributed by atoms with Gasteiger partial charge in [-0.05, 0) is 26.4 Å². The minimum Gasteiger partial charge on any atom is -0.351 e.